The van der Waals surface area contributed by atoms with E-state index in [1.165, 1.54) is 23.7 Å². The number of piperidine rings is 1. The van der Waals surface area contributed by atoms with Crippen molar-refractivity contribution in [1.82, 2.24) is 19.9 Å². The maximum Gasteiger partial charge on any atom is 0.274 e. The summed E-state index contributed by atoms with van der Waals surface area (Å²) in [7, 11) is 1.65. The maximum absolute atomic E-state index is 12.4. The summed E-state index contributed by atoms with van der Waals surface area (Å²) in [6.45, 7) is 1.28. The fourth-order valence-electron chi connectivity index (χ4n) is 2.95. The second-order valence-electron chi connectivity index (χ2n) is 6.01. The minimum absolute atomic E-state index is 0.0587. The first-order chi connectivity index (χ1) is 12.7. The lowest BCUT2D eigenvalue weighted by atomic mass is 10.1. The summed E-state index contributed by atoms with van der Waals surface area (Å²) in [5, 5.41) is 0.659. The second-order valence-corrected chi connectivity index (χ2v) is 7.01. The first-order valence-corrected chi connectivity index (χ1v) is 9.21. The maximum atomic E-state index is 12.4. The molecule has 0 spiro atoms. The summed E-state index contributed by atoms with van der Waals surface area (Å²) in [4.78, 5) is 26.8. The van der Waals surface area contributed by atoms with Gasteiger partial charge in [0.25, 0.3) is 11.1 Å². The Hall–Kier alpha value is -2.74. The van der Waals surface area contributed by atoms with Crippen LogP contribution in [-0.2, 0) is 0 Å². The number of methoxy groups -OCH3 is 1. The number of hydrogen-bond donors (Lipinski definition) is 0. The Morgan fingerprint density at radius 3 is 2.85 bits per heavy atom. The molecule has 1 aliphatic rings. The molecule has 3 heterocycles. The molecule has 134 valence electrons. The molecule has 8 heteroatoms. The molecule has 3 aromatic rings. The van der Waals surface area contributed by atoms with E-state index >= 15 is 0 Å². The predicted molar refractivity (Wildman–Crippen MR) is 97.8 cm³/mol. The van der Waals surface area contributed by atoms with Gasteiger partial charge in [0.15, 0.2) is 0 Å². The Kier molecular flexibility index (Phi) is 4.66. The van der Waals surface area contributed by atoms with Crippen molar-refractivity contribution in [3.8, 4) is 10.9 Å². The van der Waals surface area contributed by atoms with Gasteiger partial charge in [0.05, 0.1) is 23.5 Å². The van der Waals surface area contributed by atoms with Crippen LogP contribution in [0.2, 0.25) is 0 Å². The monoisotopic (exact) mass is 370 g/mol. The van der Waals surface area contributed by atoms with Crippen LogP contribution in [0.4, 0.5) is 0 Å². The zero-order chi connectivity index (χ0) is 17.9. The molecular formula is C18H18N4O3S. The fraction of sp³-hybridized carbons (Fsp3) is 0.333. The topological polar surface area (TPSA) is 77.4 Å². The van der Waals surface area contributed by atoms with Crippen molar-refractivity contribution in [2.24, 2.45) is 0 Å². The van der Waals surface area contributed by atoms with Crippen molar-refractivity contribution in [3.05, 3.63) is 42.5 Å². The van der Waals surface area contributed by atoms with E-state index in [2.05, 4.69) is 15.0 Å². The summed E-state index contributed by atoms with van der Waals surface area (Å²) in [5.41, 5.74) is 1.29. The van der Waals surface area contributed by atoms with Crippen molar-refractivity contribution in [2.75, 3.05) is 20.2 Å². The van der Waals surface area contributed by atoms with E-state index in [4.69, 9.17) is 9.47 Å². The van der Waals surface area contributed by atoms with Crippen LogP contribution in [0.3, 0.4) is 0 Å². The molecule has 0 N–H and O–H groups in total. The zero-order valence-corrected chi connectivity index (χ0v) is 15.1. The zero-order valence-electron chi connectivity index (χ0n) is 14.3. The molecule has 0 bridgehead atoms. The minimum atomic E-state index is -0.0800. The molecule has 1 fully saturated rings. The van der Waals surface area contributed by atoms with E-state index in [0.29, 0.717) is 24.0 Å². The van der Waals surface area contributed by atoms with Crippen molar-refractivity contribution in [2.45, 2.75) is 18.9 Å². The van der Waals surface area contributed by atoms with Crippen LogP contribution in [0.15, 0.2) is 36.8 Å². The van der Waals surface area contributed by atoms with Crippen molar-refractivity contribution >= 4 is 27.5 Å². The van der Waals surface area contributed by atoms with Gasteiger partial charge in [-0.1, -0.05) is 11.3 Å². The number of fused-ring (bicyclic) bond motifs is 1. The number of likely N-dealkylation sites (tertiary alicyclic amines) is 1. The highest BCUT2D eigenvalue weighted by atomic mass is 32.1. The highest BCUT2D eigenvalue weighted by Crippen LogP contribution is 2.32. The van der Waals surface area contributed by atoms with Gasteiger partial charge in [-0.2, -0.15) is 0 Å². The number of thiazole rings is 1. The van der Waals surface area contributed by atoms with Gasteiger partial charge in [0.1, 0.15) is 17.5 Å². The van der Waals surface area contributed by atoms with Crippen LogP contribution in [0, 0.1) is 0 Å². The largest absolute Gasteiger partial charge is 0.497 e. The van der Waals surface area contributed by atoms with Crippen molar-refractivity contribution < 1.29 is 14.3 Å². The van der Waals surface area contributed by atoms with Gasteiger partial charge < -0.3 is 14.4 Å². The van der Waals surface area contributed by atoms with Gasteiger partial charge >= 0.3 is 0 Å². The summed E-state index contributed by atoms with van der Waals surface area (Å²) >= 11 is 1.51. The molecule has 1 amide bonds. The molecule has 26 heavy (non-hydrogen) atoms. The van der Waals surface area contributed by atoms with Crippen LogP contribution in [0.5, 0.6) is 10.9 Å². The lowest BCUT2D eigenvalue weighted by Crippen LogP contribution is -2.42. The number of rotatable bonds is 4. The minimum Gasteiger partial charge on any atom is -0.497 e. The smallest absolute Gasteiger partial charge is 0.274 e. The van der Waals surface area contributed by atoms with Crippen molar-refractivity contribution in [3.63, 3.8) is 0 Å². The molecule has 1 aliphatic heterocycles. The van der Waals surface area contributed by atoms with Crippen molar-refractivity contribution in [1.29, 1.82) is 0 Å². The van der Waals surface area contributed by atoms with Gasteiger partial charge in [-0.15, -0.1) is 0 Å². The van der Waals surface area contributed by atoms with Crippen LogP contribution in [-0.4, -0.2) is 52.1 Å². The molecule has 4 rings (SSSR count). The number of ether oxygens (including phenoxy) is 2. The van der Waals surface area contributed by atoms with Crippen LogP contribution >= 0.6 is 11.3 Å². The van der Waals surface area contributed by atoms with E-state index in [-0.39, 0.29) is 12.0 Å². The van der Waals surface area contributed by atoms with E-state index in [1.54, 1.807) is 18.2 Å². The summed E-state index contributed by atoms with van der Waals surface area (Å²) in [6.07, 6.45) is 6.19. The van der Waals surface area contributed by atoms with Crippen LogP contribution < -0.4 is 9.47 Å². The molecule has 0 unspecified atom stereocenters. The quantitative estimate of drug-likeness (QED) is 0.703. The number of carbonyl (C=O) groups is 1. The van der Waals surface area contributed by atoms with E-state index < -0.39 is 0 Å². The van der Waals surface area contributed by atoms with Gasteiger partial charge in [-0.25, -0.2) is 9.97 Å². The average molecular weight is 370 g/mol. The Morgan fingerprint density at radius 2 is 2.12 bits per heavy atom. The normalized spacial score (nSPS) is 15.2. The number of carbonyl (C=O) groups excluding carboxylic acids is 1. The second kappa shape index (κ2) is 7.25. The highest BCUT2D eigenvalue weighted by Gasteiger charge is 2.26. The molecule has 0 radical (unpaired) electrons. The lowest BCUT2D eigenvalue weighted by Gasteiger charge is -2.31. The number of hydrogen-bond acceptors (Lipinski definition) is 7. The molecule has 1 aromatic carbocycles. The molecule has 1 saturated heterocycles. The lowest BCUT2D eigenvalue weighted by molar-refractivity contribution is 0.0589. The Labute approximate surface area is 154 Å². The van der Waals surface area contributed by atoms with Gasteiger partial charge in [0, 0.05) is 38.3 Å². The summed E-state index contributed by atoms with van der Waals surface area (Å²) in [5.74, 6) is 0.729. The number of benzene rings is 1. The first kappa shape index (κ1) is 16.7. The standard InChI is InChI=1S/C18H18N4O3S/c1-24-13-2-3-14-16(10-13)26-18(21-14)25-12-4-8-22(9-5-12)17(23)15-11-19-6-7-20-15/h2-3,6-7,10-12H,4-5,8-9H2,1H3. The molecule has 0 aliphatic carbocycles. The molecule has 0 atom stereocenters. The van der Waals surface area contributed by atoms with E-state index in [9.17, 15) is 4.79 Å². The summed E-state index contributed by atoms with van der Waals surface area (Å²) < 4.78 is 12.3. The molecule has 0 saturated carbocycles. The highest BCUT2D eigenvalue weighted by molar-refractivity contribution is 7.20. The number of amides is 1. The molecular weight excluding hydrogens is 352 g/mol. The number of nitrogens with zero attached hydrogens (tertiary/aromatic N) is 4. The van der Waals surface area contributed by atoms with E-state index in [1.807, 2.05) is 18.2 Å². The Morgan fingerprint density at radius 1 is 1.27 bits per heavy atom. The predicted octanol–water partition coefficient (Wildman–Crippen LogP) is 2.78. The Balaban J connectivity index is 1.37. The summed E-state index contributed by atoms with van der Waals surface area (Å²) in [6, 6.07) is 5.78. The van der Waals surface area contributed by atoms with E-state index in [0.717, 1.165) is 28.8 Å². The average Bonchev–Trinajstić information content (AvgIpc) is 3.10. The Bertz CT molecular complexity index is 907. The van der Waals surface area contributed by atoms with Crippen LogP contribution in [0.1, 0.15) is 23.3 Å². The van der Waals surface area contributed by atoms with Crippen LogP contribution in [0.25, 0.3) is 10.2 Å². The third kappa shape index (κ3) is 3.45. The fourth-order valence-corrected chi connectivity index (χ4v) is 3.86. The molecule has 2 aromatic heterocycles. The number of aromatic nitrogens is 3. The van der Waals surface area contributed by atoms with Gasteiger partial charge in [0.2, 0.25) is 0 Å². The third-order valence-electron chi connectivity index (χ3n) is 4.35. The van der Waals surface area contributed by atoms with Gasteiger partial charge in [-0.05, 0) is 18.2 Å². The molecule has 7 nitrogen and oxygen atoms in total. The first-order valence-electron chi connectivity index (χ1n) is 8.39. The third-order valence-corrected chi connectivity index (χ3v) is 5.26. The SMILES string of the molecule is COc1ccc2nc(OC3CCN(C(=O)c4cnccn4)CC3)sc2c1. The van der Waals surface area contributed by atoms with Gasteiger partial charge in [-0.3, -0.25) is 9.78 Å².